The van der Waals surface area contributed by atoms with E-state index in [0.29, 0.717) is 11.4 Å². The van der Waals surface area contributed by atoms with Crippen molar-refractivity contribution >= 4 is 66.4 Å². The van der Waals surface area contributed by atoms with Gasteiger partial charge in [0.05, 0.1) is 22.7 Å². The van der Waals surface area contributed by atoms with Crippen LogP contribution in [-0.2, 0) is 0 Å². The van der Waals surface area contributed by atoms with Crippen molar-refractivity contribution in [2.24, 2.45) is 0 Å². The summed E-state index contributed by atoms with van der Waals surface area (Å²) in [4.78, 5) is 4.20. The normalized spacial score (nSPS) is 11.5. The molecule has 0 radical (unpaired) electrons. The molecule has 0 aliphatic heterocycles. The van der Waals surface area contributed by atoms with E-state index in [1.807, 2.05) is 38.1 Å². The molecule has 0 amide bonds. The topological polar surface area (TPSA) is 6.48 Å². The van der Waals surface area contributed by atoms with Crippen LogP contribution in [0.15, 0.2) is 218 Å². The number of aryl methyl sites for hydroxylation is 6. The van der Waals surface area contributed by atoms with Crippen molar-refractivity contribution in [2.75, 3.05) is 9.80 Å². The van der Waals surface area contributed by atoms with Gasteiger partial charge in [0.2, 0.25) is 0 Å². The molecule has 12 aromatic rings. The fourth-order valence-electron chi connectivity index (χ4n) is 11.3. The highest BCUT2D eigenvalue weighted by Crippen LogP contribution is 2.50. The van der Waals surface area contributed by atoms with Crippen molar-refractivity contribution in [3.05, 3.63) is 263 Å². The fourth-order valence-corrected chi connectivity index (χ4v) is 11.3. The SMILES string of the molecule is Cc1ccc(N(c2cc(-c3ccccc3C)cc(-c3ccccc3C)c2)c2ccc3ccc4c(N(c5cc(-c6ccccc6C)cc(-c6ccccc6C)c5)c5ccc(C)cc5F)ccc5ccc2c3c54)c(F)c1. The van der Waals surface area contributed by atoms with Gasteiger partial charge in [0.15, 0.2) is 0 Å². The van der Waals surface area contributed by atoms with Crippen molar-refractivity contribution in [1.29, 1.82) is 0 Å². The third-order valence-electron chi connectivity index (χ3n) is 15.0. The van der Waals surface area contributed by atoms with Gasteiger partial charge in [0.1, 0.15) is 11.6 Å². The van der Waals surface area contributed by atoms with Crippen molar-refractivity contribution < 1.29 is 8.78 Å². The number of benzene rings is 12. The molecule has 0 heterocycles. The Morgan fingerprint density at radius 3 is 0.892 bits per heavy atom. The Hall–Kier alpha value is -8.86. The summed E-state index contributed by atoms with van der Waals surface area (Å²) in [6.07, 6.45) is 0. The Morgan fingerprint density at radius 2 is 0.581 bits per heavy atom. The van der Waals surface area contributed by atoms with Crippen LogP contribution >= 0.6 is 0 Å². The quantitative estimate of drug-likeness (QED) is 0.126. The van der Waals surface area contributed by atoms with Gasteiger partial charge in [-0.1, -0.05) is 146 Å². The first-order valence-corrected chi connectivity index (χ1v) is 25.4. The average Bonchev–Trinajstić information content (AvgIpc) is 3.41. The van der Waals surface area contributed by atoms with Crippen LogP contribution in [0.25, 0.3) is 76.8 Å². The van der Waals surface area contributed by atoms with Crippen LogP contribution < -0.4 is 9.80 Å². The number of hydrogen-bond donors (Lipinski definition) is 0. The van der Waals surface area contributed by atoms with E-state index < -0.39 is 0 Å². The highest BCUT2D eigenvalue weighted by Gasteiger charge is 2.26. The zero-order valence-electron chi connectivity index (χ0n) is 42.4. The lowest BCUT2D eigenvalue weighted by molar-refractivity contribution is 0.627. The van der Waals surface area contributed by atoms with E-state index in [-0.39, 0.29) is 11.6 Å². The molecule has 0 unspecified atom stereocenters. The monoisotopic (exact) mass is 960 g/mol. The summed E-state index contributed by atoms with van der Waals surface area (Å²) in [6.45, 7) is 12.4. The molecule has 0 spiro atoms. The summed E-state index contributed by atoms with van der Waals surface area (Å²) in [5.74, 6) is -0.629. The van der Waals surface area contributed by atoms with Gasteiger partial charge in [-0.3, -0.25) is 0 Å². The van der Waals surface area contributed by atoms with Crippen molar-refractivity contribution in [2.45, 2.75) is 41.5 Å². The van der Waals surface area contributed by atoms with Crippen molar-refractivity contribution in [1.82, 2.24) is 0 Å². The first-order valence-electron chi connectivity index (χ1n) is 25.4. The van der Waals surface area contributed by atoms with Crippen LogP contribution in [-0.4, -0.2) is 0 Å². The number of nitrogens with zero attached hydrogens (tertiary/aromatic N) is 2. The second-order valence-corrected chi connectivity index (χ2v) is 20.0. The van der Waals surface area contributed by atoms with Crippen LogP contribution in [0.3, 0.4) is 0 Å². The predicted molar refractivity (Wildman–Crippen MR) is 310 cm³/mol. The summed E-state index contributed by atoms with van der Waals surface area (Å²) in [6, 6.07) is 75.4. The highest BCUT2D eigenvalue weighted by atomic mass is 19.1. The largest absolute Gasteiger partial charge is 0.307 e. The Balaban J connectivity index is 1.13. The van der Waals surface area contributed by atoms with E-state index in [2.05, 4.69) is 219 Å². The molecular weight excluding hydrogens is 907 g/mol. The Labute approximate surface area is 432 Å². The Kier molecular flexibility index (Phi) is 11.6. The van der Waals surface area contributed by atoms with Crippen molar-refractivity contribution in [3.8, 4) is 44.5 Å². The molecule has 0 atom stereocenters. The summed E-state index contributed by atoms with van der Waals surface area (Å²) < 4.78 is 34.0. The molecule has 4 heteroatoms. The van der Waals surface area contributed by atoms with Crippen LogP contribution in [0.2, 0.25) is 0 Å². The molecule has 2 nitrogen and oxygen atoms in total. The van der Waals surface area contributed by atoms with Gasteiger partial charge in [0, 0.05) is 22.1 Å². The van der Waals surface area contributed by atoms with E-state index >= 15 is 8.78 Å². The Morgan fingerprint density at radius 1 is 0.284 bits per heavy atom. The molecule has 12 aromatic carbocycles. The minimum absolute atomic E-state index is 0.314. The van der Waals surface area contributed by atoms with Gasteiger partial charge in [0.25, 0.3) is 0 Å². The molecular formula is C70H54F2N2. The molecule has 0 fully saturated rings. The molecule has 0 bridgehead atoms. The first-order chi connectivity index (χ1) is 36.0. The third kappa shape index (κ3) is 8.13. The standard InChI is InChI=1S/C70H54F2N2/c1-43-23-31-67(63(71)35-43)73(55-39-51(57-19-11-7-15-45(57)3)37-52(40-55)58-20-12-8-16-46(58)4)65-33-27-49-26-30-62-66(34-28-50-25-29-61(65)69(49)70(50)62)74(68-32-24-44(2)36-64(68)72)56-41-53(59-21-13-9-17-47(59)5)38-54(42-56)60-22-14-10-18-48(60)6/h7-42H,1-6H3. The maximum atomic E-state index is 17.0. The van der Waals surface area contributed by atoms with E-state index in [1.54, 1.807) is 12.1 Å². The predicted octanol–water partition coefficient (Wildman–Crippen LogP) is 20.3. The third-order valence-corrected chi connectivity index (χ3v) is 15.0. The maximum absolute atomic E-state index is 17.0. The van der Waals surface area contributed by atoms with E-state index in [0.717, 1.165) is 133 Å². The van der Waals surface area contributed by atoms with Crippen LogP contribution in [0, 0.1) is 53.2 Å². The minimum atomic E-state index is -0.314. The number of hydrogen-bond acceptors (Lipinski definition) is 2. The molecule has 74 heavy (non-hydrogen) atoms. The lowest BCUT2D eigenvalue weighted by atomic mass is 9.90. The highest BCUT2D eigenvalue weighted by molar-refractivity contribution is 6.28. The van der Waals surface area contributed by atoms with Gasteiger partial charge in [-0.25, -0.2) is 8.78 Å². The zero-order chi connectivity index (χ0) is 50.8. The molecule has 0 N–H and O–H groups in total. The van der Waals surface area contributed by atoms with Crippen molar-refractivity contribution in [3.63, 3.8) is 0 Å². The Bertz CT molecular complexity index is 3750. The second kappa shape index (κ2) is 18.6. The molecule has 358 valence electrons. The lowest BCUT2D eigenvalue weighted by Crippen LogP contribution is -2.14. The van der Waals surface area contributed by atoms with Gasteiger partial charge < -0.3 is 9.80 Å². The summed E-state index contributed by atoms with van der Waals surface area (Å²) in [5, 5.41) is 6.12. The van der Waals surface area contributed by atoms with Gasteiger partial charge >= 0.3 is 0 Å². The van der Waals surface area contributed by atoms with E-state index in [4.69, 9.17) is 0 Å². The van der Waals surface area contributed by atoms with Gasteiger partial charge in [-0.05, 0) is 214 Å². The molecule has 0 aliphatic rings. The van der Waals surface area contributed by atoms with E-state index in [9.17, 15) is 0 Å². The first kappa shape index (κ1) is 46.2. The summed E-state index contributed by atoms with van der Waals surface area (Å²) in [5.41, 5.74) is 19.2. The number of halogens is 2. The average molecular weight is 961 g/mol. The second-order valence-electron chi connectivity index (χ2n) is 20.0. The maximum Gasteiger partial charge on any atom is 0.147 e. The van der Waals surface area contributed by atoms with Crippen LogP contribution in [0.5, 0.6) is 0 Å². The fraction of sp³-hybridized carbons (Fsp3) is 0.0857. The molecule has 12 rings (SSSR count). The smallest absolute Gasteiger partial charge is 0.147 e. The summed E-state index contributed by atoms with van der Waals surface area (Å²) in [7, 11) is 0. The lowest BCUT2D eigenvalue weighted by Gasteiger charge is -2.30. The van der Waals surface area contributed by atoms with Crippen LogP contribution in [0.4, 0.5) is 42.9 Å². The van der Waals surface area contributed by atoms with E-state index in [1.165, 1.54) is 0 Å². The number of rotatable bonds is 10. The van der Waals surface area contributed by atoms with Crippen LogP contribution in [0.1, 0.15) is 33.4 Å². The molecule has 0 saturated carbocycles. The minimum Gasteiger partial charge on any atom is -0.307 e. The van der Waals surface area contributed by atoms with Gasteiger partial charge in [-0.2, -0.15) is 0 Å². The molecule has 0 saturated heterocycles. The molecule has 0 aromatic heterocycles. The molecule has 0 aliphatic carbocycles. The zero-order valence-corrected chi connectivity index (χ0v) is 42.4. The summed E-state index contributed by atoms with van der Waals surface area (Å²) >= 11 is 0. The number of anilines is 6. The van der Waals surface area contributed by atoms with Gasteiger partial charge in [-0.15, -0.1) is 0 Å².